The Labute approximate surface area is 135 Å². The fourth-order valence-corrected chi connectivity index (χ4v) is 3.25. The van der Waals surface area contributed by atoms with Crippen LogP contribution in [0, 0.1) is 6.92 Å². The molecule has 2 rings (SSSR count). The maximum Gasteiger partial charge on any atom is 0.331 e. The lowest BCUT2D eigenvalue weighted by atomic mass is 10.2. The number of aryl methyl sites for hydroxylation is 1. The molecule has 5 nitrogen and oxygen atoms in total. The zero-order valence-electron chi connectivity index (χ0n) is 12.8. The van der Waals surface area contributed by atoms with Gasteiger partial charge >= 0.3 is 5.97 Å². The van der Waals surface area contributed by atoms with Crippen molar-refractivity contribution in [2.75, 3.05) is 11.4 Å². The number of nitrogens with zero attached hydrogens (tertiary/aromatic N) is 1. The zero-order chi connectivity index (χ0) is 16.9. The molecule has 0 amide bonds. The van der Waals surface area contributed by atoms with E-state index in [2.05, 4.69) is 4.74 Å². The quantitative estimate of drug-likeness (QED) is 0.624. The first-order valence-corrected chi connectivity index (χ1v) is 8.31. The summed E-state index contributed by atoms with van der Waals surface area (Å²) in [5, 5.41) is 0. The van der Waals surface area contributed by atoms with E-state index in [0.29, 0.717) is 5.69 Å². The standard InChI is InChI=1S/C17H17NO4S/c1-14-8-10-15(11-9-14)18(13-12-17(19)22-2)23(20,21)16-6-4-3-5-7-16/h3-13H,1-2H3/b13-12+. The summed E-state index contributed by atoms with van der Waals surface area (Å²) in [6.45, 7) is 1.91. The van der Waals surface area contributed by atoms with Crippen molar-refractivity contribution in [1.82, 2.24) is 0 Å². The van der Waals surface area contributed by atoms with Crippen LogP contribution >= 0.6 is 0 Å². The van der Waals surface area contributed by atoms with Gasteiger partial charge in [-0.25, -0.2) is 17.5 Å². The van der Waals surface area contributed by atoms with Crippen LogP contribution in [-0.2, 0) is 19.6 Å². The van der Waals surface area contributed by atoms with E-state index in [1.165, 1.54) is 25.4 Å². The molecule has 0 aliphatic heterocycles. The summed E-state index contributed by atoms with van der Waals surface area (Å²) in [7, 11) is -2.60. The number of ether oxygens (including phenoxy) is 1. The van der Waals surface area contributed by atoms with Gasteiger partial charge in [0.15, 0.2) is 0 Å². The number of benzene rings is 2. The number of anilines is 1. The van der Waals surface area contributed by atoms with Gasteiger partial charge in [0.2, 0.25) is 0 Å². The summed E-state index contributed by atoms with van der Waals surface area (Å²) in [4.78, 5) is 11.5. The molecule has 0 N–H and O–H groups in total. The van der Waals surface area contributed by atoms with Crippen LogP contribution in [0.4, 0.5) is 5.69 Å². The minimum absolute atomic E-state index is 0.134. The molecule has 0 saturated carbocycles. The number of rotatable bonds is 5. The van der Waals surface area contributed by atoms with Crippen molar-refractivity contribution in [3.63, 3.8) is 0 Å². The lowest BCUT2D eigenvalue weighted by Crippen LogP contribution is -2.26. The molecular weight excluding hydrogens is 314 g/mol. The highest BCUT2D eigenvalue weighted by molar-refractivity contribution is 7.93. The van der Waals surface area contributed by atoms with Gasteiger partial charge in [0, 0.05) is 12.3 Å². The van der Waals surface area contributed by atoms with Gasteiger partial charge in [0.05, 0.1) is 17.7 Å². The molecule has 0 heterocycles. The largest absolute Gasteiger partial charge is 0.466 e. The molecule has 0 radical (unpaired) electrons. The van der Waals surface area contributed by atoms with E-state index < -0.39 is 16.0 Å². The third-order valence-electron chi connectivity index (χ3n) is 3.14. The van der Waals surface area contributed by atoms with Crippen LogP contribution < -0.4 is 4.31 Å². The van der Waals surface area contributed by atoms with E-state index in [1.807, 2.05) is 6.92 Å². The summed E-state index contributed by atoms with van der Waals surface area (Å²) in [6, 6.07) is 15.0. The van der Waals surface area contributed by atoms with Gasteiger partial charge in [0.25, 0.3) is 10.0 Å². The first-order chi connectivity index (χ1) is 10.9. The summed E-state index contributed by atoms with van der Waals surface area (Å²) in [5.74, 6) is -0.634. The van der Waals surface area contributed by atoms with Crippen molar-refractivity contribution in [3.05, 3.63) is 72.4 Å². The van der Waals surface area contributed by atoms with Gasteiger partial charge in [-0.05, 0) is 31.2 Å². The summed E-state index contributed by atoms with van der Waals surface area (Å²) >= 11 is 0. The highest BCUT2D eigenvalue weighted by Gasteiger charge is 2.23. The molecule has 2 aromatic carbocycles. The molecule has 0 aromatic heterocycles. The molecule has 0 spiro atoms. The van der Waals surface area contributed by atoms with Gasteiger partial charge in [-0.15, -0.1) is 0 Å². The predicted octanol–water partition coefficient (Wildman–Crippen LogP) is 2.88. The maximum atomic E-state index is 12.8. The van der Waals surface area contributed by atoms with Crippen molar-refractivity contribution < 1.29 is 17.9 Å². The van der Waals surface area contributed by atoms with E-state index >= 15 is 0 Å². The topological polar surface area (TPSA) is 63.7 Å². The van der Waals surface area contributed by atoms with E-state index in [-0.39, 0.29) is 4.90 Å². The van der Waals surface area contributed by atoms with Crippen molar-refractivity contribution in [2.24, 2.45) is 0 Å². The van der Waals surface area contributed by atoms with Gasteiger partial charge in [-0.3, -0.25) is 0 Å². The van der Waals surface area contributed by atoms with Crippen molar-refractivity contribution in [3.8, 4) is 0 Å². The van der Waals surface area contributed by atoms with Crippen LogP contribution in [0.25, 0.3) is 0 Å². The van der Waals surface area contributed by atoms with Gasteiger partial charge in [0.1, 0.15) is 0 Å². The average molecular weight is 331 g/mol. The Bertz CT molecular complexity index is 796. The minimum Gasteiger partial charge on any atom is -0.466 e. The van der Waals surface area contributed by atoms with E-state index in [0.717, 1.165) is 15.9 Å². The second kappa shape index (κ2) is 7.11. The highest BCUT2D eigenvalue weighted by atomic mass is 32.2. The predicted molar refractivity (Wildman–Crippen MR) is 88.4 cm³/mol. The first kappa shape index (κ1) is 16.8. The number of hydrogen-bond acceptors (Lipinski definition) is 4. The van der Waals surface area contributed by atoms with E-state index in [4.69, 9.17) is 0 Å². The number of carbonyl (C=O) groups is 1. The van der Waals surface area contributed by atoms with Gasteiger partial charge in [-0.1, -0.05) is 35.9 Å². The SMILES string of the molecule is COC(=O)/C=C/N(c1ccc(C)cc1)S(=O)(=O)c1ccccc1. The third kappa shape index (κ3) is 3.98. The summed E-state index contributed by atoms with van der Waals surface area (Å²) < 4.78 is 31.3. The Balaban J connectivity index is 2.51. The van der Waals surface area contributed by atoms with Crippen LogP contribution in [0.1, 0.15) is 5.56 Å². The molecule has 120 valence electrons. The molecule has 23 heavy (non-hydrogen) atoms. The van der Waals surface area contributed by atoms with E-state index in [1.54, 1.807) is 42.5 Å². The maximum absolute atomic E-state index is 12.8. The van der Waals surface area contributed by atoms with Crippen LogP contribution in [-0.4, -0.2) is 21.5 Å². The van der Waals surface area contributed by atoms with Crippen LogP contribution in [0.15, 0.2) is 71.8 Å². The molecule has 0 unspecified atom stereocenters. The normalized spacial score (nSPS) is 11.4. The van der Waals surface area contributed by atoms with Crippen LogP contribution in [0.5, 0.6) is 0 Å². The number of hydrogen-bond donors (Lipinski definition) is 0. The fourth-order valence-electron chi connectivity index (χ4n) is 1.90. The summed E-state index contributed by atoms with van der Waals surface area (Å²) in [6.07, 6.45) is 2.26. The molecule has 2 aromatic rings. The van der Waals surface area contributed by atoms with Crippen molar-refractivity contribution in [2.45, 2.75) is 11.8 Å². The van der Waals surface area contributed by atoms with E-state index in [9.17, 15) is 13.2 Å². The van der Waals surface area contributed by atoms with Crippen molar-refractivity contribution in [1.29, 1.82) is 0 Å². The van der Waals surface area contributed by atoms with Gasteiger partial charge in [-0.2, -0.15) is 0 Å². The Kier molecular flexibility index (Phi) is 5.18. The molecule has 0 fully saturated rings. The fraction of sp³-hybridized carbons (Fsp3) is 0.118. The highest BCUT2D eigenvalue weighted by Crippen LogP contribution is 2.24. The average Bonchev–Trinajstić information content (AvgIpc) is 2.57. The number of carbonyl (C=O) groups excluding carboxylic acids is 1. The molecule has 0 saturated heterocycles. The van der Waals surface area contributed by atoms with Gasteiger partial charge < -0.3 is 4.74 Å². The number of esters is 1. The molecule has 0 bridgehead atoms. The smallest absolute Gasteiger partial charge is 0.331 e. The molecule has 0 atom stereocenters. The minimum atomic E-state index is -3.83. The Hall–Kier alpha value is -2.60. The third-order valence-corrected chi connectivity index (χ3v) is 4.85. The van der Waals surface area contributed by atoms with Crippen molar-refractivity contribution >= 4 is 21.7 Å². The lowest BCUT2D eigenvalue weighted by Gasteiger charge is -2.20. The molecule has 6 heteroatoms. The van der Waals surface area contributed by atoms with Crippen LogP contribution in [0.2, 0.25) is 0 Å². The summed E-state index contributed by atoms with van der Waals surface area (Å²) in [5.41, 5.74) is 1.43. The Morgan fingerprint density at radius 2 is 1.65 bits per heavy atom. The second-order valence-corrected chi connectivity index (χ2v) is 6.60. The zero-order valence-corrected chi connectivity index (χ0v) is 13.7. The Morgan fingerprint density at radius 3 is 2.22 bits per heavy atom. The number of sulfonamides is 1. The Morgan fingerprint density at radius 1 is 1.04 bits per heavy atom. The second-order valence-electron chi connectivity index (χ2n) is 4.79. The molecule has 0 aliphatic carbocycles. The molecular formula is C17H17NO4S. The van der Waals surface area contributed by atoms with Crippen LogP contribution in [0.3, 0.4) is 0 Å². The number of methoxy groups -OCH3 is 1. The monoisotopic (exact) mass is 331 g/mol. The molecule has 0 aliphatic rings. The first-order valence-electron chi connectivity index (χ1n) is 6.87. The lowest BCUT2D eigenvalue weighted by molar-refractivity contribution is -0.134.